The van der Waals surface area contributed by atoms with E-state index < -0.39 is 5.97 Å². The van der Waals surface area contributed by atoms with E-state index in [2.05, 4.69) is 4.98 Å². The molecule has 0 fully saturated rings. The Morgan fingerprint density at radius 2 is 2.11 bits per heavy atom. The zero-order valence-corrected chi connectivity index (χ0v) is 11.1. The number of aryl methyl sites for hydroxylation is 2. The number of nitrogen functional groups attached to an aromatic ring is 1. The molecule has 2 N–H and O–H groups in total. The smallest absolute Gasteiger partial charge is 0.340 e. The van der Waals surface area contributed by atoms with Crippen LogP contribution in [-0.2, 0) is 11.3 Å². The maximum Gasteiger partial charge on any atom is 0.340 e. The normalized spacial score (nSPS) is 10.3. The van der Waals surface area contributed by atoms with Crippen molar-refractivity contribution in [3.05, 3.63) is 45.4 Å². The third-order valence-corrected chi connectivity index (χ3v) is 3.63. The minimum atomic E-state index is -0.418. The lowest BCUT2D eigenvalue weighted by Gasteiger charge is -2.04. The lowest BCUT2D eigenvalue weighted by Crippen LogP contribution is -2.07. The van der Waals surface area contributed by atoms with Crippen LogP contribution in [0.5, 0.6) is 0 Å². The zero-order valence-electron chi connectivity index (χ0n) is 10.3. The van der Waals surface area contributed by atoms with Crippen LogP contribution in [-0.4, -0.2) is 11.0 Å². The third kappa shape index (κ3) is 2.68. The Labute approximate surface area is 109 Å². The fraction of sp³-hybridized carbons (Fsp3) is 0.231. The Hall–Kier alpha value is -1.88. The first-order valence-electron chi connectivity index (χ1n) is 5.52. The number of carbonyl (C=O) groups is 1. The first kappa shape index (κ1) is 12.6. The van der Waals surface area contributed by atoms with Gasteiger partial charge in [-0.05, 0) is 26.0 Å². The summed E-state index contributed by atoms with van der Waals surface area (Å²) >= 11 is 1.54. The van der Waals surface area contributed by atoms with E-state index in [0.717, 1.165) is 15.6 Å². The number of hydrogen-bond acceptors (Lipinski definition) is 5. The maximum atomic E-state index is 11.8. The molecule has 1 aromatic carbocycles. The van der Waals surface area contributed by atoms with Crippen LogP contribution in [0.15, 0.2) is 24.3 Å². The van der Waals surface area contributed by atoms with Gasteiger partial charge in [0.05, 0.1) is 11.3 Å². The Bertz CT molecular complexity index is 559. The highest BCUT2D eigenvalue weighted by Gasteiger charge is 2.12. The van der Waals surface area contributed by atoms with Crippen LogP contribution in [0.3, 0.4) is 0 Å². The number of aromatic nitrogens is 1. The Balaban J connectivity index is 2.03. The van der Waals surface area contributed by atoms with Gasteiger partial charge in [0.2, 0.25) is 0 Å². The van der Waals surface area contributed by atoms with Gasteiger partial charge in [-0.1, -0.05) is 12.1 Å². The molecule has 0 radical (unpaired) electrons. The van der Waals surface area contributed by atoms with E-state index in [9.17, 15) is 4.79 Å². The summed E-state index contributed by atoms with van der Waals surface area (Å²) in [5.74, 6) is -0.418. The van der Waals surface area contributed by atoms with E-state index >= 15 is 0 Å². The summed E-state index contributed by atoms with van der Waals surface area (Å²) in [6.07, 6.45) is 0. The molecular formula is C13H14N2O2S. The quantitative estimate of drug-likeness (QED) is 0.682. The van der Waals surface area contributed by atoms with Crippen LogP contribution in [0.2, 0.25) is 0 Å². The number of ether oxygens (including phenoxy) is 1. The zero-order chi connectivity index (χ0) is 13.1. The molecular weight excluding hydrogens is 248 g/mol. The van der Waals surface area contributed by atoms with Crippen molar-refractivity contribution >= 4 is 23.0 Å². The molecule has 0 aliphatic rings. The predicted molar refractivity (Wildman–Crippen MR) is 71.6 cm³/mol. The van der Waals surface area contributed by atoms with Gasteiger partial charge in [-0.3, -0.25) is 0 Å². The van der Waals surface area contributed by atoms with Gasteiger partial charge >= 0.3 is 5.97 Å². The molecule has 4 nitrogen and oxygen atoms in total. The lowest BCUT2D eigenvalue weighted by atomic mass is 10.2. The number of rotatable bonds is 3. The highest BCUT2D eigenvalue weighted by molar-refractivity contribution is 7.11. The number of benzene rings is 1. The van der Waals surface area contributed by atoms with E-state index in [1.165, 1.54) is 11.3 Å². The van der Waals surface area contributed by atoms with Crippen molar-refractivity contribution < 1.29 is 9.53 Å². The average Bonchev–Trinajstić information content (AvgIpc) is 2.66. The van der Waals surface area contributed by atoms with Crippen molar-refractivity contribution in [2.75, 3.05) is 5.73 Å². The summed E-state index contributed by atoms with van der Waals surface area (Å²) < 4.78 is 5.19. The van der Waals surface area contributed by atoms with Crippen LogP contribution < -0.4 is 5.73 Å². The van der Waals surface area contributed by atoms with Crippen LogP contribution in [0.25, 0.3) is 0 Å². The predicted octanol–water partition coefficient (Wildman–Crippen LogP) is 2.70. The molecule has 0 atom stereocenters. The number of thiazole rings is 1. The second-order valence-electron chi connectivity index (χ2n) is 3.91. The molecule has 0 bridgehead atoms. The third-order valence-electron chi connectivity index (χ3n) is 2.58. The Kier molecular flexibility index (Phi) is 3.62. The van der Waals surface area contributed by atoms with Gasteiger partial charge in [0.15, 0.2) is 0 Å². The number of para-hydroxylation sites is 1. The summed E-state index contributed by atoms with van der Waals surface area (Å²) in [6, 6.07) is 6.86. The maximum absolute atomic E-state index is 11.8. The summed E-state index contributed by atoms with van der Waals surface area (Å²) in [7, 11) is 0. The number of nitrogens with zero attached hydrogens (tertiary/aromatic N) is 1. The first-order chi connectivity index (χ1) is 8.58. The van der Waals surface area contributed by atoms with Crippen molar-refractivity contribution in [1.82, 2.24) is 4.98 Å². The number of carbonyl (C=O) groups excluding carboxylic acids is 1. The van der Waals surface area contributed by atoms with E-state index in [-0.39, 0.29) is 6.61 Å². The van der Waals surface area contributed by atoms with Crippen molar-refractivity contribution in [1.29, 1.82) is 0 Å². The highest BCUT2D eigenvalue weighted by atomic mass is 32.1. The van der Waals surface area contributed by atoms with Crippen molar-refractivity contribution in [2.24, 2.45) is 0 Å². The van der Waals surface area contributed by atoms with Crippen LogP contribution in [0.1, 0.15) is 25.9 Å². The number of hydrogen-bond donors (Lipinski definition) is 1. The lowest BCUT2D eigenvalue weighted by molar-refractivity contribution is 0.0473. The molecule has 1 aromatic heterocycles. The fourth-order valence-corrected chi connectivity index (χ4v) is 2.34. The SMILES string of the molecule is Cc1nc(COC(=O)c2ccccc2N)sc1C. The van der Waals surface area contributed by atoms with E-state index in [1.54, 1.807) is 24.3 Å². The second kappa shape index (κ2) is 5.18. The van der Waals surface area contributed by atoms with Crippen LogP contribution in [0.4, 0.5) is 5.69 Å². The minimum Gasteiger partial charge on any atom is -0.455 e. The molecule has 0 amide bonds. The summed E-state index contributed by atoms with van der Waals surface area (Å²) in [4.78, 5) is 17.3. The summed E-state index contributed by atoms with van der Waals surface area (Å²) in [5.41, 5.74) is 7.50. The molecule has 2 rings (SSSR count). The van der Waals surface area contributed by atoms with Gasteiger partial charge in [0.1, 0.15) is 11.6 Å². The van der Waals surface area contributed by atoms with Gasteiger partial charge in [-0.2, -0.15) is 0 Å². The van der Waals surface area contributed by atoms with E-state index in [1.807, 2.05) is 13.8 Å². The molecule has 0 saturated heterocycles. The standard InChI is InChI=1S/C13H14N2O2S/c1-8-9(2)18-12(15-8)7-17-13(16)10-5-3-4-6-11(10)14/h3-6H,7,14H2,1-2H3. The molecule has 0 aliphatic carbocycles. The van der Waals surface area contributed by atoms with E-state index in [4.69, 9.17) is 10.5 Å². The van der Waals surface area contributed by atoms with Gasteiger partial charge in [-0.15, -0.1) is 11.3 Å². The fourth-order valence-electron chi connectivity index (χ4n) is 1.49. The Morgan fingerprint density at radius 3 is 2.72 bits per heavy atom. The number of esters is 1. The molecule has 2 aromatic rings. The van der Waals surface area contributed by atoms with E-state index in [0.29, 0.717) is 11.3 Å². The van der Waals surface area contributed by atoms with Crippen molar-refractivity contribution in [2.45, 2.75) is 20.5 Å². The number of anilines is 1. The summed E-state index contributed by atoms with van der Waals surface area (Å²) in [5, 5.41) is 0.799. The number of nitrogens with two attached hydrogens (primary N) is 1. The monoisotopic (exact) mass is 262 g/mol. The second-order valence-corrected chi connectivity index (χ2v) is 5.20. The largest absolute Gasteiger partial charge is 0.455 e. The summed E-state index contributed by atoms with van der Waals surface area (Å²) in [6.45, 7) is 4.12. The molecule has 5 heteroatoms. The highest BCUT2D eigenvalue weighted by Crippen LogP contribution is 2.18. The minimum absolute atomic E-state index is 0.187. The molecule has 94 valence electrons. The molecule has 1 heterocycles. The Morgan fingerprint density at radius 1 is 1.39 bits per heavy atom. The van der Waals surface area contributed by atoms with Crippen LogP contribution >= 0.6 is 11.3 Å². The van der Waals surface area contributed by atoms with Gasteiger partial charge in [0.25, 0.3) is 0 Å². The molecule has 0 saturated carbocycles. The van der Waals surface area contributed by atoms with Gasteiger partial charge in [-0.25, -0.2) is 9.78 Å². The van der Waals surface area contributed by atoms with Gasteiger partial charge < -0.3 is 10.5 Å². The molecule has 0 aliphatic heterocycles. The topological polar surface area (TPSA) is 65.2 Å². The molecule has 0 spiro atoms. The molecule has 0 unspecified atom stereocenters. The molecule has 18 heavy (non-hydrogen) atoms. The first-order valence-corrected chi connectivity index (χ1v) is 6.34. The average molecular weight is 262 g/mol. The van der Waals surface area contributed by atoms with Crippen molar-refractivity contribution in [3.63, 3.8) is 0 Å². The van der Waals surface area contributed by atoms with Crippen molar-refractivity contribution in [3.8, 4) is 0 Å². The van der Waals surface area contributed by atoms with Crippen LogP contribution in [0, 0.1) is 13.8 Å². The van der Waals surface area contributed by atoms with Gasteiger partial charge in [0, 0.05) is 10.6 Å².